The van der Waals surface area contributed by atoms with Gasteiger partial charge >= 0.3 is 0 Å². The Labute approximate surface area is 179 Å². The van der Waals surface area contributed by atoms with Crippen LogP contribution in [0.5, 0.6) is 0 Å². The van der Waals surface area contributed by atoms with Gasteiger partial charge in [0.25, 0.3) is 0 Å². The van der Waals surface area contributed by atoms with Gasteiger partial charge in [-0.1, -0.05) is 19.8 Å². The minimum Gasteiger partial charge on any atom is -0.341 e. The topological polar surface area (TPSA) is 90.4 Å². The van der Waals surface area contributed by atoms with Gasteiger partial charge in [0, 0.05) is 30.2 Å². The van der Waals surface area contributed by atoms with Crippen LogP contribution in [0.25, 0.3) is 22.9 Å². The Morgan fingerprint density at radius 1 is 1.10 bits per heavy atom. The molecule has 5 heterocycles. The average Bonchev–Trinajstić information content (AvgIpc) is 3.60. The Hall–Kier alpha value is -3.62. The Balaban J connectivity index is 1.46. The largest absolute Gasteiger partial charge is 0.341 e. The highest BCUT2D eigenvalue weighted by Crippen LogP contribution is 2.42. The summed E-state index contributed by atoms with van der Waals surface area (Å²) in [4.78, 5) is 20.9. The number of aromatic nitrogens is 8. The number of pyridine rings is 1. The molecule has 0 unspecified atom stereocenters. The van der Waals surface area contributed by atoms with Gasteiger partial charge in [-0.05, 0) is 31.4 Å². The molecule has 0 spiro atoms. The van der Waals surface area contributed by atoms with Crippen molar-refractivity contribution in [2.24, 2.45) is 0 Å². The summed E-state index contributed by atoms with van der Waals surface area (Å²) in [6.07, 6.45) is 16.7. The molecule has 0 N–H and O–H groups in total. The van der Waals surface area contributed by atoms with Crippen molar-refractivity contribution >= 4 is 5.82 Å². The fraction of sp³-hybridized carbons (Fsp3) is 0.364. The molecule has 0 amide bonds. The molecule has 1 fully saturated rings. The first-order chi connectivity index (χ1) is 15.3. The van der Waals surface area contributed by atoms with Crippen LogP contribution in [0.1, 0.15) is 50.9 Å². The quantitative estimate of drug-likeness (QED) is 0.505. The van der Waals surface area contributed by atoms with Crippen molar-refractivity contribution in [3.63, 3.8) is 0 Å². The summed E-state index contributed by atoms with van der Waals surface area (Å²) in [5, 5.41) is 8.63. The normalized spacial score (nSPS) is 18.2. The summed E-state index contributed by atoms with van der Waals surface area (Å²) in [6.45, 7) is 2.20. The van der Waals surface area contributed by atoms with Gasteiger partial charge in [-0.3, -0.25) is 14.1 Å². The molecule has 9 heteroatoms. The van der Waals surface area contributed by atoms with Crippen LogP contribution in [0.15, 0.2) is 49.6 Å². The molecule has 6 rings (SSSR count). The Morgan fingerprint density at radius 2 is 2.00 bits per heavy atom. The maximum atomic E-state index is 5.04. The van der Waals surface area contributed by atoms with Gasteiger partial charge in [0.15, 0.2) is 11.6 Å². The number of imidazole rings is 1. The first-order valence-corrected chi connectivity index (χ1v) is 10.8. The van der Waals surface area contributed by atoms with E-state index < -0.39 is 0 Å². The average molecular weight is 413 g/mol. The fourth-order valence-corrected chi connectivity index (χ4v) is 4.86. The number of hydrogen-bond donors (Lipinski definition) is 0. The standard InChI is InChI=1S/C22H23N9/c1-2-18-21-28-26-14-30(21)19-11-24-22(27-20(19)31(18)16-7-3-4-8-16)29-12-17(25-13-29)15-6-5-9-23-10-15/h5-6,9-14,16,18H,2-4,7-8H2,1H3/t18-/m1/s1. The van der Waals surface area contributed by atoms with E-state index >= 15 is 0 Å². The first-order valence-electron chi connectivity index (χ1n) is 10.8. The van der Waals surface area contributed by atoms with E-state index in [0.717, 1.165) is 35.0 Å². The van der Waals surface area contributed by atoms with Gasteiger partial charge in [-0.15, -0.1) is 10.2 Å². The minimum absolute atomic E-state index is 0.162. The van der Waals surface area contributed by atoms with Gasteiger partial charge in [0.05, 0.1) is 17.9 Å². The number of anilines is 1. The minimum atomic E-state index is 0.162. The second-order valence-electron chi connectivity index (χ2n) is 8.12. The highest BCUT2D eigenvalue weighted by molar-refractivity contribution is 5.63. The molecule has 1 aliphatic carbocycles. The zero-order valence-corrected chi connectivity index (χ0v) is 17.3. The van der Waals surface area contributed by atoms with Crippen LogP contribution in [0.2, 0.25) is 0 Å². The SMILES string of the molecule is CC[C@@H]1c2nncn2-c2cnc(-n3cnc(-c4cccnc4)c3)nc2N1C1CCCC1. The number of hydrogen-bond acceptors (Lipinski definition) is 7. The third-order valence-electron chi connectivity index (χ3n) is 6.32. The van der Waals surface area contributed by atoms with Crippen molar-refractivity contribution in [2.45, 2.75) is 51.1 Å². The van der Waals surface area contributed by atoms with E-state index in [4.69, 9.17) is 4.98 Å². The third kappa shape index (κ3) is 2.91. The second kappa shape index (κ2) is 7.26. The molecule has 0 radical (unpaired) electrons. The monoisotopic (exact) mass is 413 g/mol. The molecule has 0 bridgehead atoms. The van der Waals surface area contributed by atoms with E-state index in [1.165, 1.54) is 25.7 Å². The van der Waals surface area contributed by atoms with E-state index in [9.17, 15) is 0 Å². The predicted octanol–water partition coefficient (Wildman–Crippen LogP) is 3.52. The van der Waals surface area contributed by atoms with Crippen LogP contribution in [0, 0.1) is 0 Å². The molecule has 1 saturated carbocycles. The number of nitrogens with zero attached hydrogens (tertiary/aromatic N) is 9. The van der Waals surface area contributed by atoms with E-state index in [1.54, 1.807) is 18.9 Å². The van der Waals surface area contributed by atoms with Crippen LogP contribution < -0.4 is 4.90 Å². The molecule has 1 atom stereocenters. The van der Waals surface area contributed by atoms with Crippen LogP contribution in [0.3, 0.4) is 0 Å². The zero-order valence-electron chi connectivity index (χ0n) is 17.3. The summed E-state index contributed by atoms with van der Waals surface area (Å²) in [5.74, 6) is 2.53. The molecule has 0 saturated heterocycles. The van der Waals surface area contributed by atoms with E-state index in [1.807, 2.05) is 39.9 Å². The van der Waals surface area contributed by atoms with Crippen LogP contribution >= 0.6 is 0 Å². The Kier molecular flexibility index (Phi) is 4.26. The van der Waals surface area contributed by atoms with Crippen molar-refractivity contribution in [1.29, 1.82) is 0 Å². The summed E-state index contributed by atoms with van der Waals surface area (Å²) >= 11 is 0. The summed E-state index contributed by atoms with van der Waals surface area (Å²) in [7, 11) is 0. The van der Waals surface area contributed by atoms with Gasteiger partial charge < -0.3 is 4.90 Å². The Bertz CT molecular complexity index is 1210. The van der Waals surface area contributed by atoms with E-state index in [0.29, 0.717) is 12.0 Å². The summed E-state index contributed by atoms with van der Waals surface area (Å²) in [6, 6.07) is 4.53. The van der Waals surface area contributed by atoms with Crippen molar-refractivity contribution in [2.75, 3.05) is 4.90 Å². The molecular weight excluding hydrogens is 390 g/mol. The zero-order chi connectivity index (χ0) is 20.8. The van der Waals surface area contributed by atoms with Gasteiger partial charge in [-0.25, -0.2) is 9.97 Å². The lowest BCUT2D eigenvalue weighted by molar-refractivity contribution is 0.468. The van der Waals surface area contributed by atoms with Gasteiger partial charge in [0.2, 0.25) is 5.95 Å². The summed E-state index contributed by atoms with van der Waals surface area (Å²) < 4.78 is 3.91. The lowest BCUT2D eigenvalue weighted by Crippen LogP contribution is -2.42. The molecule has 4 aromatic rings. The van der Waals surface area contributed by atoms with Crippen LogP contribution in [-0.4, -0.2) is 45.3 Å². The van der Waals surface area contributed by atoms with Crippen LogP contribution in [-0.2, 0) is 0 Å². The lowest BCUT2D eigenvalue weighted by atomic mass is 10.0. The predicted molar refractivity (Wildman–Crippen MR) is 115 cm³/mol. The van der Waals surface area contributed by atoms with Crippen molar-refractivity contribution in [1.82, 2.24) is 39.3 Å². The molecule has 9 nitrogen and oxygen atoms in total. The van der Waals surface area contributed by atoms with E-state index in [-0.39, 0.29) is 6.04 Å². The lowest BCUT2D eigenvalue weighted by Gasteiger charge is -2.40. The smallest absolute Gasteiger partial charge is 0.237 e. The maximum Gasteiger partial charge on any atom is 0.237 e. The van der Waals surface area contributed by atoms with Crippen molar-refractivity contribution in [3.8, 4) is 22.9 Å². The molecule has 156 valence electrons. The molecule has 2 aliphatic rings. The van der Waals surface area contributed by atoms with Gasteiger partial charge in [0.1, 0.15) is 18.3 Å². The molecule has 0 aromatic carbocycles. The number of fused-ring (bicyclic) bond motifs is 3. The van der Waals surface area contributed by atoms with E-state index in [2.05, 4.69) is 37.0 Å². The van der Waals surface area contributed by atoms with Crippen molar-refractivity contribution < 1.29 is 0 Å². The molecule has 1 aliphatic heterocycles. The van der Waals surface area contributed by atoms with Crippen LogP contribution in [0.4, 0.5) is 5.82 Å². The highest BCUT2D eigenvalue weighted by Gasteiger charge is 2.38. The first kappa shape index (κ1) is 18.2. The maximum absolute atomic E-state index is 5.04. The molecule has 31 heavy (non-hydrogen) atoms. The van der Waals surface area contributed by atoms with Crippen molar-refractivity contribution in [3.05, 3.63) is 55.4 Å². The highest BCUT2D eigenvalue weighted by atomic mass is 15.4. The molecule has 4 aromatic heterocycles. The summed E-state index contributed by atoms with van der Waals surface area (Å²) in [5.41, 5.74) is 2.74. The second-order valence-corrected chi connectivity index (χ2v) is 8.12. The molecular formula is C22H23N9. The fourth-order valence-electron chi connectivity index (χ4n) is 4.86. The number of rotatable bonds is 4. The third-order valence-corrected chi connectivity index (χ3v) is 6.32. The van der Waals surface area contributed by atoms with Gasteiger partial charge in [-0.2, -0.15) is 4.98 Å². The Morgan fingerprint density at radius 3 is 2.81 bits per heavy atom.